The molecule has 0 aliphatic carbocycles. The van der Waals surface area contributed by atoms with Crippen LogP contribution in [0.25, 0.3) is 0 Å². The van der Waals surface area contributed by atoms with E-state index in [1.54, 1.807) is 0 Å². The van der Waals surface area contributed by atoms with Gasteiger partial charge in [0, 0.05) is 0 Å². The molecule has 0 saturated heterocycles. The minimum Gasteiger partial charge on any atom is -0.252 e. The standard InChI is InChI=1S/C7H16O2/c1-7(2,3)5-4-6-9-8/h8H,4-6H2,1-3H3. The molecular weight excluding hydrogens is 116 g/mol. The summed E-state index contributed by atoms with van der Waals surface area (Å²) in [5, 5.41) is 7.96. The first-order chi connectivity index (χ1) is 4.06. The smallest absolute Gasteiger partial charge is 0.0819 e. The summed E-state index contributed by atoms with van der Waals surface area (Å²) in [6.07, 6.45) is 2.02. The molecule has 1 N–H and O–H groups in total. The van der Waals surface area contributed by atoms with E-state index in [0.717, 1.165) is 12.8 Å². The summed E-state index contributed by atoms with van der Waals surface area (Å²) in [6, 6.07) is 0. The lowest BCUT2D eigenvalue weighted by Crippen LogP contribution is -2.05. The molecule has 0 spiro atoms. The summed E-state index contributed by atoms with van der Waals surface area (Å²) in [6.45, 7) is 6.97. The summed E-state index contributed by atoms with van der Waals surface area (Å²) >= 11 is 0. The van der Waals surface area contributed by atoms with Crippen LogP contribution in [0.3, 0.4) is 0 Å². The van der Waals surface area contributed by atoms with Crippen molar-refractivity contribution in [2.45, 2.75) is 33.6 Å². The highest BCUT2D eigenvalue weighted by atomic mass is 17.1. The summed E-state index contributed by atoms with van der Waals surface area (Å²) < 4.78 is 0. The van der Waals surface area contributed by atoms with Gasteiger partial charge in [0.25, 0.3) is 0 Å². The zero-order chi connectivity index (χ0) is 7.33. The lowest BCUT2D eigenvalue weighted by molar-refractivity contribution is -0.243. The summed E-state index contributed by atoms with van der Waals surface area (Å²) in [4.78, 5) is 3.94. The molecule has 0 bridgehead atoms. The molecule has 0 aromatic heterocycles. The molecule has 0 aromatic rings. The average molecular weight is 132 g/mol. The van der Waals surface area contributed by atoms with Gasteiger partial charge in [0.05, 0.1) is 6.61 Å². The van der Waals surface area contributed by atoms with Crippen LogP contribution in [0.2, 0.25) is 0 Å². The van der Waals surface area contributed by atoms with Crippen molar-refractivity contribution in [3.63, 3.8) is 0 Å². The van der Waals surface area contributed by atoms with Gasteiger partial charge >= 0.3 is 0 Å². The number of rotatable bonds is 3. The third-order valence-corrected chi connectivity index (χ3v) is 1.16. The predicted octanol–water partition coefficient (Wildman–Crippen LogP) is 2.30. The minimum absolute atomic E-state index is 0.360. The van der Waals surface area contributed by atoms with Crippen LogP contribution in [-0.2, 0) is 4.89 Å². The quantitative estimate of drug-likeness (QED) is 0.362. The van der Waals surface area contributed by atoms with Gasteiger partial charge in [-0.25, -0.2) is 4.89 Å². The SMILES string of the molecule is CC(C)(C)CCCOO. The Morgan fingerprint density at radius 1 is 1.33 bits per heavy atom. The molecule has 0 aliphatic heterocycles. The van der Waals surface area contributed by atoms with E-state index in [2.05, 4.69) is 25.7 Å². The first-order valence-corrected chi connectivity index (χ1v) is 3.32. The van der Waals surface area contributed by atoms with Gasteiger partial charge in [0.15, 0.2) is 0 Å². The molecule has 0 unspecified atom stereocenters. The Labute approximate surface area is 56.8 Å². The van der Waals surface area contributed by atoms with E-state index in [-0.39, 0.29) is 0 Å². The summed E-state index contributed by atoms with van der Waals surface area (Å²) in [5.41, 5.74) is 0.360. The molecule has 0 radical (unpaired) electrons. The fourth-order valence-electron chi connectivity index (χ4n) is 0.667. The van der Waals surface area contributed by atoms with Crippen LogP contribution < -0.4 is 0 Å². The van der Waals surface area contributed by atoms with Crippen molar-refractivity contribution in [1.82, 2.24) is 0 Å². The van der Waals surface area contributed by atoms with Gasteiger partial charge in [0.2, 0.25) is 0 Å². The Hall–Kier alpha value is -0.0800. The second-order valence-electron chi connectivity index (χ2n) is 3.50. The van der Waals surface area contributed by atoms with Gasteiger partial charge in [-0.1, -0.05) is 20.8 Å². The average Bonchev–Trinajstić information content (AvgIpc) is 1.63. The van der Waals surface area contributed by atoms with E-state index in [1.807, 2.05) is 0 Å². The second kappa shape index (κ2) is 3.85. The van der Waals surface area contributed by atoms with Crippen molar-refractivity contribution in [2.75, 3.05) is 6.61 Å². The maximum atomic E-state index is 7.96. The zero-order valence-corrected chi connectivity index (χ0v) is 6.48. The van der Waals surface area contributed by atoms with Gasteiger partial charge in [-0.05, 0) is 18.3 Å². The van der Waals surface area contributed by atoms with E-state index in [9.17, 15) is 0 Å². The van der Waals surface area contributed by atoms with Crippen LogP contribution in [0.15, 0.2) is 0 Å². The molecule has 56 valence electrons. The van der Waals surface area contributed by atoms with Crippen LogP contribution in [0.1, 0.15) is 33.6 Å². The third kappa shape index (κ3) is 7.92. The molecule has 0 fully saturated rings. The first kappa shape index (κ1) is 8.92. The fourth-order valence-corrected chi connectivity index (χ4v) is 0.667. The monoisotopic (exact) mass is 132 g/mol. The molecule has 0 heterocycles. The summed E-state index contributed by atoms with van der Waals surface area (Å²) in [5.74, 6) is 0. The lowest BCUT2D eigenvalue weighted by atomic mass is 9.91. The normalized spacial score (nSPS) is 12.0. The molecule has 9 heavy (non-hydrogen) atoms. The number of hydrogen-bond acceptors (Lipinski definition) is 2. The number of hydrogen-bond donors (Lipinski definition) is 1. The topological polar surface area (TPSA) is 29.5 Å². The largest absolute Gasteiger partial charge is 0.252 e. The Kier molecular flexibility index (Phi) is 3.82. The summed E-state index contributed by atoms with van der Waals surface area (Å²) in [7, 11) is 0. The second-order valence-corrected chi connectivity index (χ2v) is 3.50. The van der Waals surface area contributed by atoms with E-state index in [1.165, 1.54) is 0 Å². The van der Waals surface area contributed by atoms with E-state index < -0.39 is 0 Å². The van der Waals surface area contributed by atoms with Gasteiger partial charge in [-0.3, -0.25) is 5.26 Å². The van der Waals surface area contributed by atoms with Gasteiger partial charge < -0.3 is 0 Å². The zero-order valence-electron chi connectivity index (χ0n) is 6.48. The van der Waals surface area contributed by atoms with Crippen molar-refractivity contribution in [3.8, 4) is 0 Å². The molecule has 0 rings (SSSR count). The molecule has 2 nitrogen and oxygen atoms in total. The van der Waals surface area contributed by atoms with Crippen molar-refractivity contribution < 1.29 is 10.1 Å². The Morgan fingerprint density at radius 3 is 2.22 bits per heavy atom. The van der Waals surface area contributed by atoms with Crippen LogP contribution in [0.4, 0.5) is 0 Å². The minimum atomic E-state index is 0.360. The van der Waals surface area contributed by atoms with Crippen LogP contribution in [-0.4, -0.2) is 11.9 Å². The van der Waals surface area contributed by atoms with Crippen molar-refractivity contribution in [3.05, 3.63) is 0 Å². The molecule has 2 heteroatoms. The van der Waals surface area contributed by atoms with Gasteiger partial charge in [0.1, 0.15) is 0 Å². The highest BCUT2D eigenvalue weighted by Gasteiger charge is 2.08. The first-order valence-electron chi connectivity index (χ1n) is 3.32. The highest BCUT2D eigenvalue weighted by molar-refractivity contribution is 4.59. The molecule has 0 amide bonds. The molecule has 0 aromatic carbocycles. The van der Waals surface area contributed by atoms with Crippen LogP contribution in [0, 0.1) is 5.41 Å². The maximum absolute atomic E-state index is 7.96. The van der Waals surface area contributed by atoms with Crippen LogP contribution in [0.5, 0.6) is 0 Å². The Bertz CT molecular complexity index is 63.8. The van der Waals surface area contributed by atoms with Gasteiger partial charge in [-0.2, -0.15) is 0 Å². The predicted molar refractivity (Wildman–Crippen MR) is 37.3 cm³/mol. The Balaban J connectivity index is 3.07. The van der Waals surface area contributed by atoms with Crippen molar-refractivity contribution in [2.24, 2.45) is 5.41 Å². The van der Waals surface area contributed by atoms with E-state index in [4.69, 9.17) is 5.26 Å². The molecular formula is C7H16O2. The third-order valence-electron chi connectivity index (χ3n) is 1.16. The molecule has 0 saturated carbocycles. The van der Waals surface area contributed by atoms with Crippen molar-refractivity contribution in [1.29, 1.82) is 0 Å². The van der Waals surface area contributed by atoms with E-state index >= 15 is 0 Å². The highest BCUT2D eigenvalue weighted by Crippen LogP contribution is 2.19. The van der Waals surface area contributed by atoms with Crippen LogP contribution >= 0.6 is 0 Å². The molecule has 0 atom stereocenters. The van der Waals surface area contributed by atoms with Gasteiger partial charge in [-0.15, -0.1) is 0 Å². The molecule has 0 aliphatic rings. The fraction of sp³-hybridized carbons (Fsp3) is 1.00. The van der Waals surface area contributed by atoms with E-state index in [0.29, 0.717) is 12.0 Å². The Morgan fingerprint density at radius 2 is 1.89 bits per heavy atom. The van der Waals surface area contributed by atoms with Crippen molar-refractivity contribution >= 4 is 0 Å². The maximum Gasteiger partial charge on any atom is 0.0819 e. The lowest BCUT2D eigenvalue weighted by Gasteiger charge is -2.16.